The van der Waals surface area contributed by atoms with Crippen LogP contribution >= 0.6 is 11.3 Å². The number of hydrogen-bond acceptors (Lipinski definition) is 4. The van der Waals surface area contributed by atoms with Gasteiger partial charge in [-0.2, -0.15) is 0 Å². The Balaban J connectivity index is 1.98. The van der Waals surface area contributed by atoms with Crippen molar-refractivity contribution in [2.75, 3.05) is 12.8 Å². The van der Waals surface area contributed by atoms with Crippen LogP contribution in [0.4, 0.5) is 5.69 Å². The molecule has 3 rings (SSSR count). The van der Waals surface area contributed by atoms with Crippen molar-refractivity contribution in [3.63, 3.8) is 0 Å². The van der Waals surface area contributed by atoms with Crippen molar-refractivity contribution in [2.45, 2.75) is 25.3 Å². The second kappa shape index (κ2) is 4.24. The molecule has 0 saturated heterocycles. The average Bonchev–Trinajstić information content (AvgIpc) is 2.64. The molecule has 1 fully saturated rings. The number of nitrogens with two attached hydrogens (primary N) is 1. The normalized spacial score (nSPS) is 15.6. The molecule has 2 aromatic rings. The quantitative estimate of drug-likeness (QED) is 0.903. The van der Waals surface area contributed by atoms with Gasteiger partial charge in [-0.05, 0) is 25.3 Å². The van der Waals surface area contributed by atoms with Gasteiger partial charge in [0.25, 0.3) is 5.91 Å². The summed E-state index contributed by atoms with van der Waals surface area (Å²) in [4.78, 5) is 18.9. The SMILES string of the molecule is CN(C(=O)c1sc2cnccc2c1N)C1CCC1. The van der Waals surface area contributed by atoms with E-state index < -0.39 is 0 Å². The molecule has 94 valence electrons. The highest BCUT2D eigenvalue weighted by atomic mass is 32.1. The van der Waals surface area contributed by atoms with Crippen molar-refractivity contribution in [2.24, 2.45) is 0 Å². The lowest BCUT2D eigenvalue weighted by atomic mass is 9.92. The monoisotopic (exact) mass is 261 g/mol. The molecule has 1 aliphatic rings. The molecule has 0 atom stereocenters. The maximum Gasteiger partial charge on any atom is 0.266 e. The molecular weight excluding hydrogens is 246 g/mol. The van der Waals surface area contributed by atoms with Crippen LogP contribution in [0.15, 0.2) is 18.5 Å². The maximum atomic E-state index is 12.4. The summed E-state index contributed by atoms with van der Waals surface area (Å²) in [6.07, 6.45) is 6.89. The number of pyridine rings is 1. The van der Waals surface area contributed by atoms with Crippen LogP contribution in [0.25, 0.3) is 10.1 Å². The zero-order valence-electron chi connectivity index (χ0n) is 10.2. The van der Waals surface area contributed by atoms with E-state index in [9.17, 15) is 4.79 Å². The van der Waals surface area contributed by atoms with Crippen LogP contribution in [0.2, 0.25) is 0 Å². The van der Waals surface area contributed by atoms with E-state index in [-0.39, 0.29) is 5.91 Å². The fraction of sp³-hybridized carbons (Fsp3) is 0.385. The Bertz CT molecular complexity index is 603. The fourth-order valence-electron chi connectivity index (χ4n) is 2.23. The standard InChI is InChI=1S/C13H15N3OS/c1-16(8-3-2-4-8)13(17)12-11(14)9-5-6-15-7-10(9)18-12/h5-8H,2-4,14H2,1H3. The number of nitrogen functional groups attached to an aromatic ring is 1. The van der Waals surface area contributed by atoms with Crippen LogP contribution in [0, 0.1) is 0 Å². The van der Waals surface area contributed by atoms with Gasteiger partial charge < -0.3 is 10.6 Å². The summed E-state index contributed by atoms with van der Waals surface area (Å²) in [5, 5.41) is 0.931. The topological polar surface area (TPSA) is 59.2 Å². The lowest BCUT2D eigenvalue weighted by molar-refractivity contribution is 0.0658. The molecule has 1 aliphatic carbocycles. The molecule has 1 amide bonds. The molecule has 0 radical (unpaired) electrons. The summed E-state index contributed by atoms with van der Waals surface area (Å²) < 4.78 is 0.973. The number of hydrogen-bond donors (Lipinski definition) is 1. The average molecular weight is 261 g/mol. The van der Waals surface area contributed by atoms with Gasteiger partial charge in [-0.25, -0.2) is 0 Å². The summed E-state index contributed by atoms with van der Waals surface area (Å²) in [5.41, 5.74) is 6.66. The molecule has 0 bridgehead atoms. The number of carbonyl (C=O) groups excluding carboxylic acids is 1. The molecule has 5 heteroatoms. The van der Waals surface area contributed by atoms with E-state index in [4.69, 9.17) is 5.73 Å². The van der Waals surface area contributed by atoms with E-state index >= 15 is 0 Å². The Morgan fingerprint density at radius 3 is 2.94 bits per heavy atom. The zero-order chi connectivity index (χ0) is 12.7. The highest BCUT2D eigenvalue weighted by Crippen LogP contribution is 2.35. The maximum absolute atomic E-state index is 12.4. The lowest BCUT2D eigenvalue weighted by Crippen LogP contribution is -2.41. The molecule has 1 saturated carbocycles. The Labute approximate surface area is 109 Å². The smallest absolute Gasteiger partial charge is 0.266 e. The summed E-state index contributed by atoms with van der Waals surface area (Å²) in [5.74, 6) is 0.0402. The van der Waals surface area contributed by atoms with E-state index in [0.29, 0.717) is 16.6 Å². The first kappa shape index (κ1) is 11.5. The Kier molecular flexibility index (Phi) is 2.70. The molecule has 0 unspecified atom stereocenters. The largest absolute Gasteiger partial charge is 0.397 e. The third-order valence-corrected chi connectivity index (χ3v) is 4.81. The molecule has 2 heterocycles. The molecule has 0 aliphatic heterocycles. The van der Waals surface area contributed by atoms with Gasteiger partial charge in [0.2, 0.25) is 0 Å². The van der Waals surface area contributed by atoms with Gasteiger partial charge in [0.05, 0.1) is 10.4 Å². The summed E-state index contributed by atoms with van der Waals surface area (Å²) >= 11 is 1.43. The highest BCUT2D eigenvalue weighted by molar-refractivity contribution is 7.21. The second-order valence-corrected chi connectivity index (χ2v) is 5.77. The second-order valence-electron chi connectivity index (χ2n) is 4.72. The molecule has 2 aromatic heterocycles. The molecule has 18 heavy (non-hydrogen) atoms. The number of amides is 1. The molecular formula is C13H15N3OS. The van der Waals surface area contributed by atoms with Gasteiger partial charge in [0.15, 0.2) is 0 Å². The number of nitrogens with zero attached hydrogens (tertiary/aromatic N) is 2. The van der Waals surface area contributed by atoms with Gasteiger partial charge in [-0.3, -0.25) is 9.78 Å². The number of anilines is 1. The molecule has 0 spiro atoms. The van der Waals surface area contributed by atoms with E-state index in [0.717, 1.165) is 22.9 Å². The van der Waals surface area contributed by atoms with Gasteiger partial charge in [-0.1, -0.05) is 0 Å². The highest BCUT2D eigenvalue weighted by Gasteiger charge is 2.28. The number of aromatic nitrogens is 1. The zero-order valence-corrected chi connectivity index (χ0v) is 11.0. The Morgan fingerprint density at radius 1 is 1.56 bits per heavy atom. The van der Waals surface area contributed by atoms with Crippen molar-refractivity contribution in [3.05, 3.63) is 23.3 Å². The number of carbonyl (C=O) groups is 1. The van der Waals surface area contributed by atoms with Crippen LogP contribution in [-0.2, 0) is 0 Å². The molecule has 4 nitrogen and oxygen atoms in total. The fourth-order valence-corrected chi connectivity index (χ4v) is 3.30. The first-order chi connectivity index (χ1) is 8.68. The van der Waals surface area contributed by atoms with Gasteiger partial charge in [0.1, 0.15) is 4.88 Å². The van der Waals surface area contributed by atoms with Crippen LogP contribution in [0.3, 0.4) is 0 Å². The number of rotatable bonds is 2. The van der Waals surface area contributed by atoms with Crippen molar-refractivity contribution < 1.29 is 4.79 Å². The van der Waals surface area contributed by atoms with E-state index in [1.54, 1.807) is 12.4 Å². The summed E-state index contributed by atoms with van der Waals surface area (Å²) in [6, 6.07) is 2.25. The van der Waals surface area contributed by atoms with Crippen LogP contribution < -0.4 is 5.73 Å². The van der Waals surface area contributed by atoms with Crippen LogP contribution in [0.1, 0.15) is 28.9 Å². The van der Waals surface area contributed by atoms with Crippen molar-refractivity contribution >= 4 is 33.0 Å². The van der Waals surface area contributed by atoms with Gasteiger partial charge >= 0.3 is 0 Å². The minimum absolute atomic E-state index is 0.0402. The minimum atomic E-state index is 0.0402. The molecule has 0 aromatic carbocycles. The van der Waals surface area contributed by atoms with Crippen molar-refractivity contribution in [1.29, 1.82) is 0 Å². The summed E-state index contributed by atoms with van der Waals surface area (Å²) in [6.45, 7) is 0. The van der Waals surface area contributed by atoms with E-state index in [1.807, 2.05) is 18.0 Å². The predicted octanol–water partition coefficient (Wildman–Crippen LogP) is 2.50. The first-order valence-corrected chi connectivity index (χ1v) is 6.89. The number of fused-ring (bicyclic) bond motifs is 1. The Morgan fingerprint density at radius 2 is 2.33 bits per heavy atom. The third-order valence-electron chi connectivity index (χ3n) is 3.67. The lowest BCUT2D eigenvalue weighted by Gasteiger charge is -2.34. The minimum Gasteiger partial charge on any atom is -0.397 e. The number of thiophene rings is 1. The van der Waals surface area contributed by atoms with Crippen LogP contribution in [0.5, 0.6) is 0 Å². The first-order valence-electron chi connectivity index (χ1n) is 6.07. The van der Waals surface area contributed by atoms with Crippen molar-refractivity contribution in [1.82, 2.24) is 9.88 Å². The van der Waals surface area contributed by atoms with Crippen LogP contribution in [-0.4, -0.2) is 28.9 Å². The van der Waals surface area contributed by atoms with Gasteiger partial charge in [-0.15, -0.1) is 11.3 Å². The Hall–Kier alpha value is -1.62. The van der Waals surface area contributed by atoms with E-state index in [2.05, 4.69) is 4.98 Å². The van der Waals surface area contributed by atoms with Gasteiger partial charge in [0, 0.05) is 30.9 Å². The third kappa shape index (κ3) is 1.66. The molecule has 2 N–H and O–H groups in total. The summed E-state index contributed by atoms with van der Waals surface area (Å²) in [7, 11) is 1.87. The van der Waals surface area contributed by atoms with E-state index in [1.165, 1.54) is 17.8 Å². The van der Waals surface area contributed by atoms with Crippen molar-refractivity contribution in [3.8, 4) is 0 Å². The predicted molar refractivity (Wildman–Crippen MR) is 73.8 cm³/mol.